The number of imidazole rings is 1. The van der Waals surface area contributed by atoms with Crippen LogP contribution >= 0.6 is 22.7 Å². The number of carbonyl (C=O) groups excluding carboxylic acids is 1. The van der Waals surface area contributed by atoms with Crippen LogP contribution in [-0.2, 0) is 6.42 Å². The minimum absolute atomic E-state index is 0.158. The topological polar surface area (TPSA) is 46.4 Å². The van der Waals surface area contributed by atoms with Gasteiger partial charge in [-0.2, -0.15) is 0 Å². The van der Waals surface area contributed by atoms with Crippen molar-refractivity contribution in [2.45, 2.75) is 20.3 Å². The van der Waals surface area contributed by atoms with Gasteiger partial charge >= 0.3 is 0 Å². The summed E-state index contributed by atoms with van der Waals surface area (Å²) in [6.07, 6.45) is 2.77. The van der Waals surface area contributed by atoms with Gasteiger partial charge in [-0.25, -0.2) is 9.37 Å². The van der Waals surface area contributed by atoms with Gasteiger partial charge in [0.25, 0.3) is 5.91 Å². The SMILES string of the molecule is CCc1cc(C(=O)Nc2c(-c3ccc(F)cc3)nc3sccn23)sc1C. The Labute approximate surface area is 158 Å². The van der Waals surface area contributed by atoms with Gasteiger partial charge in [0.1, 0.15) is 17.3 Å². The molecule has 0 bridgehead atoms. The van der Waals surface area contributed by atoms with Crippen molar-refractivity contribution < 1.29 is 9.18 Å². The predicted molar refractivity (Wildman–Crippen MR) is 105 cm³/mol. The highest BCUT2D eigenvalue weighted by Gasteiger charge is 2.19. The average Bonchev–Trinajstić information content (AvgIpc) is 3.31. The van der Waals surface area contributed by atoms with Gasteiger partial charge in [0.2, 0.25) is 0 Å². The van der Waals surface area contributed by atoms with Gasteiger partial charge in [-0.1, -0.05) is 6.92 Å². The van der Waals surface area contributed by atoms with Crippen molar-refractivity contribution in [2.75, 3.05) is 5.32 Å². The molecule has 0 atom stereocenters. The minimum atomic E-state index is -0.304. The number of nitrogens with zero attached hydrogens (tertiary/aromatic N) is 2. The lowest BCUT2D eigenvalue weighted by Gasteiger charge is -2.06. The number of rotatable bonds is 4. The lowest BCUT2D eigenvalue weighted by molar-refractivity contribution is 0.103. The Morgan fingerprint density at radius 3 is 2.77 bits per heavy atom. The van der Waals surface area contributed by atoms with Crippen molar-refractivity contribution in [1.29, 1.82) is 0 Å². The molecule has 0 saturated carbocycles. The monoisotopic (exact) mass is 385 g/mol. The number of hydrogen-bond donors (Lipinski definition) is 1. The third kappa shape index (κ3) is 2.93. The van der Waals surface area contributed by atoms with Crippen molar-refractivity contribution in [1.82, 2.24) is 9.38 Å². The molecule has 3 heterocycles. The van der Waals surface area contributed by atoms with Crippen LogP contribution in [0.15, 0.2) is 41.9 Å². The van der Waals surface area contributed by atoms with Crippen LogP contribution < -0.4 is 5.32 Å². The molecule has 0 unspecified atom stereocenters. The molecule has 7 heteroatoms. The Balaban J connectivity index is 1.75. The Bertz CT molecular complexity index is 1090. The third-order valence-electron chi connectivity index (χ3n) is 4.24. The number of amides is 1. The molecule has 4 aromatic rings. The molecule has 0 aliphatic rings. The summed E-state index contributed by atoms with van der Waals surface area (Å²) in [5.41, 5.74) is 2.58. The number of halogens is 1. The first-order valence-electron chi connectivity index (χ1n) is 8.19. The summed E-state index contributed by atoms with van der Waals surface area (Å²) in [5, 5.41) is 4.91. The predicted octanol–water partition coefficient (Wildman–Crippen LogP) is 5.39. The average molecular weight is 385 g/mol. The van der Waals surface area contributed by atoms with Crippen LogP contribution in [0.25, 0.3) is 16.2 Å². The Hall–Kier alpha value is -2.51. The van der Waals surface area contributed by atoms with Crippen molar-refractivity contribution in [2.24, 2.45) is 0 Å². The zero-order valence-electron chi connectivity index (χ0n) is 14.2. The van der Waals surface area contributed by atoms with Gasteiger partial charge in [0.15, 0.2) is 4.96 Å². The molecular formula is C19H16FN3OS2. The second-order valence-electron chi connectivity index (χ2n) is 5.87. The molecule has 0 aliphatic heterocycles. The maximum absolute atomic E-state index is 13.3. The molecule has 4 rings (SSSR count). The molecule has 1 N–H and O–H groups in total. The first-order chi connectivity index (χ1) is 12.6. The summed E-state index contributed by atoms with van der Waals surface area (Å²) < 4.78 is 15.1. The summed E-state index contributed by atoms with van der Waals surface area (Å²) in [5.74, 6) is 0.137. The first-order valence-corrected chi connectivity index (χ1v) is 9.88. The van der Waals surface area contributed by atoms with Crippen molar-refractivity contribution in [3.63, 3.8) is 0 Å². The van der Waals surface area contributed by atoms with Gasteiger partial charge in [0.05, 0.1) is 4.88 Å². The molecule has 3 aromatic heterocycles. The number of nitrogens with one attached hydrogen (secondary N) is 1. The van der Waals surface area contributed by atoms with Crippen LogP contribution in [0.3, 0.4) is 0 Å². The maximum atomic E-state index is 13.3. The Morgan fingerprint density at radius 2 is 2.08 bits per heavy atom. The number of hydrogen-bond acceptors (Lipinski definition) is 4. The number of aromatic nitrogens is 2. The fraction of sp³-hybridized carbons (Fsp3) is 0.158. The lowest BCUT2D eigenvalue weighted by atomic mass is 10.1. The Morgan fingerprint density at radius 1 is 1.31 bits per heavy atom. The van der Waals surface area contributed by atoms with E-state index in [2.05, 4.69) is 17.2 Å². The summed E-state index contributed by atoms with van der Waals surface area (Å²) >= 11 is 2.97. The number of carbonyl (C=O) groups is 1. The number of aryl methyl sites for hydroxylation is 2. The van der Waals surface area contributed by atoms with Gasteiger partial charge < -0.3 is 5.32 Å². The molecule has 0 aliphatic carbocycles. The third-order valence-corrected chi connectivity index (χ3v) is 6.09. The van der Waals surface area contributed by atoms with Crippen LogP contribution in [-0.4, -0.2) is 15.3 Å². The molecule has 1 amide bonds. The highest BCUT2D eigenvalue weighted by molar-refractivity contribution is 7.15. The van der Waals surface area contributed by atoms with Gasteiger partial charge in [-0.3, -0.25) is 9.20 Å². The van der Waals surface area contributed by atoms with Crippen LogP contribution in [0.1, 0.15) is 27.0 Å². The molecule has 4 nitrogen and oxygen atoms in total. The number of benzene rings is 1. The van der Waals surface area contributed by atoms with Gasteiger partial charge in [0, 0.05) is 22.0 Å². The molecule has 0 fully saturated rings. The molecule has 1 aromatic carbocycles. The molecule has 0 saturated heterocycles. The van der Waals surface area contributed by atoms with Crippen molar-refractivity contribution >= 4 is 39.4 Å². The zero-order chi connectivity index (χ0) is 18.3. The van der Waals surface area contributed by atoms with Crippen molar-refractivity contribution in [3.8, 4) is 11.3 Å². The summed E-state index contributed by atoms with van der Waals surface area (Å²) in [7, 11) is 0. The lowest BCUT2D eigenvalue weighted by Crippen LogP contribution is -2.12. The zero-order valence-corrected chi connectivity index (χ0v) is 15.9. The second kappa shape index (κ2) is 6.66. The standard InChI is InChI=1S/C19H16FN3OS2/c1-3-12-10-15(26-11(12)2)18(24)22-17-16(13-4-6-14(20)7-5-13)21-19-23(17)8-9-25-19/h4-10H,3H2,1-2H3,(H,22,24). The maximum Gasteiger partial charge on any atom is 0.266 e. The highest BCUT2D eigenvalue weighted by Crippen LogP contribution is 2.32. The van der Waals surface area contributed by atoms with E-state index in [1.54, 1.807) is 12.1 Å². The number of fused-ring (bicyclic) bond motifs is 1. The Kier molecular flexibility index (Phi) is 4.34. The normalized spacial score (nSPS) is 11.2. The summed E-state index contributed by atoms with van der Waals surface area (Å²) in [6, 6.07) is 8.07. The van der Waals surface area contributed by atoms with E-state index in [4.69, 9.17) is 0 Å². The molecule has 26 heavy (non-hydrogen) atoms. The fourth-order valence-corrected chi connectivity index (χ4v) is 4.59. The highest BCUT2D eigenvalue weighted by atomic mass is 32.1. The molecular weight excluding hydrogens is 369 g/mol. The number of thiophene rings is 1. The quantitative estimate of drug-likeness (QED) is 0.512. The van der Waals surface area contributed by atoms with E-state index in [1.807, 2.05) is 29.0 Å². The van der Waals surface area contributed by atoms with E-state index >= 15 is 0 Å². The number of anilines is 1. The fourth-order valence-electron chi connectivity index (χ4n) is 2.87. The van der Waals surface area contributed by atoms with E-state index in [9.17, 15) is 9.18 Å². The second-order valence-corrected chi connectivity index (χ2v) is 8.00. The van der Waals surface area contributed by atoms with Crippen molar-refractivity contribution in [3.05, 3.63) is 63.0 Å². The molecule has 0 spiro atoms. The largest absolute Gasteiger partial charge is 0.305 e. The number of thiazole rings is 1. The van der Waals surface area contributed by atoms with Crippen LogP contribution in [0.5, 0.6) is 0 Å². The first kappa shape index (κ1) is 16.9. The summed E-state index contributed by atoms with van der Waals surface area (Å²) in [4.78, 5) is 20.0. The van der Waals surface area contributed by atoms with E-state index in [0.29, 0.717) is 16.4 Å². The van der Waals surface area contributed by atoms with E-state index in [-0.39, 0.29) is 11.7 Å². The van der Waals surface area contributed by atoms with Gasteiger partial charge in [-0.15, -0.1) is 22.7 Å². The van der Waals surface area contributed by atoms with E-state index < -0.39 is 0 Å². The minimum Gasteiger partial charge on any atom is -0.305 e. The van der Waals surface area contributed by atoms with E-state index in [1.165, 1.54) is 40.4 Å². The van der Waals surface area contributed by atoms with Crippen LogP contribution in [0, 0.1) is 12.7 Å². The molecule has 0 radical (unpaired) electrons. The van der Waals surface area contributed by atoms with E-state index in [0.717, 1.165) is 21.8 Å². The van der Waals surface area contributed by atoms with Crippen LogP contribution in [0.4, 0.5) is 10.2 Å². The summed E-state index contributed by atoms with van der Waals surface area (Å²) in [6.45, 7) is 4.11. The van der Waals surface area contributed by atoms with Crippen LogP contribution in [0.2, 0.25) is 0 Å². The molecule has 132 valence electrons. The smallest absolute Gasteiger partial charge is 0.266 e. The van der Waals surface area contributed by atoms with Gasteiger partial charge in [-0.05, 0) is 49.2 Å².